The maximum absolute atomic E-state index is 12.8. The molecule has 2 heterocycles. The van der Waals surface area contributed by atoms with E-state index in [1.807, 2.05) is 18.2 Å². The molecule has 3 aliphatic rings. The maximum atomic E-state index is 12.8. The molecule has 1 aliphatic carbocycles. The second-order valence-corrected chi connectivity index (χ2v) is 10.1. The van der Waals surface area contributed by atoms with Crippen LogP contribution >= 0.6 is 11.6 Å². The second-order valence-electron chi connectivity index (χ2n) is 9.72. The molecule has 2 amide bonds. The second kappa shape index (κ2) is 10.8. The van der Waals surface area contributed by atoms with Crippen molar-refractivity contribution in [3.63, 3.8) is 0 Å². The van der Waals surface area contributed by atoms with Gasteiger partial charge in [0.15, 0.2) is 5.76 Å². The van der Waals surface area contributed by atoms with Gasteiger partial charge in [-0.1, -0.05) is 54.1 Å². The zero-order valence-electron chi connectivity index (χ0n) is 19.8. The van der Waals surface area contributed by atoms with Gasteiger partial charge in [0.05, 0.1) is 6.04 Å². The van der Waals surface area contributed by atoms with E-state index in [1.54, 1.807) is 12.1 Å². The number of fused-ring (bicyclic) bond motifs is 2. The lowest BCUT2D eigenvalue weighted by Gasteiger charge is -2.39. The molecule has 5 rings (SSSR count). The van der Waals surface area contributed by atoms with Gasteiger partial charge < -0.3 is 15.4 Å². The summed E-state index contributed by atoms with van der Waals surface area (Å²) in [6.45, 7) is 3.72. The molecule has 7 heteroatoms. The van der Waals surface area contributed by atoms with E-state index in [4.69, 9.17) is 16.3 Å². The zero-order chi connectivity index (χ0) is 24.2. The molecular weight excluding hydrogens is 462 g/mol. The predicted molar refractivity (Wildman–Crippen MR) is 137 cm³/mol. The van der Waals surface area contributed by atoms with Crippen LogP contribution in [0.4, 0.5) is 0 Å². The molecule has 2 aromatic rings. The zero-order valence-corrected chi connectivity index (χ0v) is 20.6. The number of morpholine rings is 1. The Balaban J connectivity index is 1.07. The molecular formula is C28H32ClN3O3. The first-order valence-electron chi connectivity index (χ1n) is 12.6. The smallest absolute Gasteiger partial charge is 0.286 e. The van der Waals surface area contributed by atoms with Crippen LogP contribution in [0.25, 0.3) is 6.08 Å². The average Bonchev–Trinajstić information content (AvgIpc) is 2.88. The molecule has 0 spiro atoms. The fraction of sp³-hybridized carbons (Fsp3) is 0.429. The number of amides is 2. The van der Waals surface area contributed by atoms with Crippen molar-refractivity contribution < 1.29 is 14.3 Å². The van der Waals surface area contributed by atoms with Gasteiger partial charge >= 0.3 is 0 Å². The first kappa shape index (κ1) is 23.9. The lowest BCUT2D eigenvalue weighted by Crippen LogP contribution is -2.54. The highest BCUT2D eigenvalue weighted by atomic mass is 35.5. The lowest BCUT2D eigenvalue weighted by molar-refractivity contribution is -0.134. The van der Waals surface area contributed by atoms with Crippen LogP contribution in [0.1, 0.15) is 42.4 Å². The molecule has 0 aromatic heterocycles. The molecule has 2 fully saturated rings. The van der Waals surface area contributed by atoms with Crippen molar-refractivity contribution in [3.05, 3.63) is 76.0 Å². The van der Waals surface area contributed by atoms with E-state index in [2.05, 4.69) is 39.8 Å². The molecule has 6 nitrogen and oxygen atoms in total. The Morgan fingerprint density at radius 3 is 2.80 bits per heavy atom. The molecule has 35 heavy (non-hydrogen) atoms. The first-order chi connectivity index (χ1) is 17.1. The molecule has 0 radical (unpaired) electrons. The van der Waals surface area contributed by atoms with Crippen LogP contribution in [0.2, 0.25) is 5.02 Å². The summed E-state index contributed by atoms with van der Waals surface area (Å²) in [5, 5.41) is 6.74. The minimum atomic E-state index is -0.254. The number of carbonyl (C=O) groups excluding carboxylic acids is 2. The topological polar surface area (TPSA) is 70.7 Å². The van der Waals surface area contributed by atoms with Crippen molar-refractivity contribution in [2.24, 2.45) is 5.92 Å². The largest absolute Gasteiger partial charge is 0.483 e. The van der Waals surface area contributed by atoms with Crippen molar-refractivity contribution >= 4 is 29.5 Å². The number of halogens is 1. The monoisotopic (exact) mass is 493 g/mol. The number of ether oxygens (including phenoxy) is 1. The SMILES string of the molecule is O=C1NC2CC(C(=O)NCCCN3CCc4ccccc4C3)CCC2O/C1=C\c1ccccc1Cl. The Morgan fingerprint density at radius 1 is 1.14 bits per heavy atom. The first-order valence-corrected chi connectivity index (χ1v) is 13.0. The molecule has 0 bridgehead atoms. The highest BCUT2D eigenvalue weighted by Gasteiger charge is 2.40. The molecule has 3 atom stereocenters. The normalized spacial score (nSPS) is 25.2. The summed E-state index contributed by atoms with van der Waals surface area (Å²) in [4.78, 5) is 27.9. The van der Waals surface area contributed by atoms with E-state index in [9.17, 15) is 9.59 Å². The van der Waals surface area contributed by atoms with E-state index in [0.29, 0.717) is 18.0 Å². The van der Waals surface area contributed by atoms with Gasteiger partial charge in [-0.15, -0.1) is 0 Å². The summed E-state index contributed by atoms with van der Waals surface area (Å²) >= 11 is 6.22. The lowest BCUT2D eigenvalue weighted by atomic mass is 9.82. The van der Waals surface area contributed by atoms with E-state index in [1.165, 1.54) is 11.1 Å². The summed E-state index contributed by atoms with van der Waals surface area (Å²) in [5.74, 6) is 0.00752. The fourth-order valence-corrected chi connectivity index (χ4v) is 5.56. The van der Waals surface area contributed by atoms with E-state index >= 15 is 0 Å². The van der Waals surface area contributed by atoms with E-state index < -0.39 is 0 Å². The molecule has 2 aromatic carbocycles. The van der Waals surface area contributed by atoms with E-state index in [-0.39, 0.29) is 35.6 Å². The van der Waals surface area contributed by atoms with Gasteiger partial charge in [-0.25, -0.2) is 0 Å². The third kappa shape index (κ3) is 5.71. The van der Waals surface area contributed by atoms with Crippen molar-refractivity contribution in [3.8, 4) is 0 Å². The molecule has 3 unspecified atom stereocenters. The third-order valence-electron chi connectivity index (χ3n) is 7.33. The summed E-state index contributed by atoms with van der Waals surface area (Å²) in [7, 11) is 0. The van der Waals surface area contributed by atoms with Gasteiger partial charge in [-0.2, -0.15) is 0 Å². The number of benzene rings is 2. The number of rotatable bonds is 6. The number of hydrogen-bond donors (Lipinski definition) is 2. The summed E-state index contributed by atoms with van der Waals surface area (Å²) in [6, 6.07) is 15.9. The molecule has 2 N–H and O–H groups in total. The summed E-state index contributed by atoms with van der Waals surface area (Å²) in [6.07, 6.45) is 5.69. The van der Waals surface area contributed by atoms with Gasteiger partial charge in [0, 0.05) is 37.1 Å². The van der Waals surface area contributed by atoms with Gasteiger partial charge in [-0.05, 0) is 60.9 Å². The minimum Gasteiger partial charge on any atom is -0.483 e. The molecule has 184 valence electrons. The van der Waals surface area contributed by atoms with Crippen molar-refractivity contribution in [2.45, 2.75) is 50.8 Å². The quantitative estimate of drug-likeness (QED) is 0.472. The van der Waals surface area contributed by atoms with Crippen LogP contribution in [0.5, 0.6) is 0 Å². The minimum absolute atomic E-state index is 0.0825. The Morgan fingerprint density at radius 2 is 1.94 bits per heavy atom. The van der Waals surface area contributed by atoms with Crippen LogP contribution in [0.3, 0.4) is 0 Å². The van der Waals surface area contributed by atoms with Crippen LogP contribution in [0, 0.1) is 5.92 Å². The number of carbonyl (C=O) groups is 2. The highest BCUT2D eigenvalue weighted by molar-refractivity contribution is 6.32. The van der Waals surface area contributed by atoms with Crippen molar-refractivity contribution in [1.82, 2.24) is 15.5 Å². The van der Waals surface area contributed by atoms with E-state index in [0.717, 1.165) is 50.9 Å². The van der Waals surface area contributed by atoms with Crippen molar-refractivity contribution in [2.75, 3.05) is 19.6 Å². The maximum Gasteiger partial charge on any atom is 0.286 e. The molecule has 2 aliphatic heterocycles. The van der Waals surface area contributed by atoms with Crippen LogP contribution in [-0.4, -0.2) is 48.5 Å². The van der Waals surface area contributed by atoms with Crippen LogP contribution < -0.4 is 10.6 Å². The standard InChI is InChI=1S/C28H32ClN3O3/c29-23-9-4-3-7-20(23)17-26-28(34)31-24-16-21(10-11-25(24)35-26)27(33)30-13-5-14-32-15-12-19-6-1-2-8-22(19)18-32/h1-4,6-9,17,21,24-25H,5,10-16,18H2,(H,30,33)(H,31,34)/b26-17-. The number of nitrogens with zero attached hydrogens (tertiary/aromatic N) is 1. The molecule has 1 saturated heterocycles. The summed E-state index contributed by atoms with van der Waals surface area (Å²) in [5.41, 5.74) is 3.62. The van der Waals surface area contributed by atoms with Gasteiger partial charge in [-0.3, -0.25) is 14.5 Å². The van der Waals surface area contributed by atoms with Gasteiger partial charge in [0.2, 0.25) is 5.91 Å². The third-order valence-corrected chi connectivity index (χ3v) is 7.67. The Bertz CT molecular complexity index is 1120. The Hall–Kier alpha value is -2.83. The number of nitrogens with one attached hydrogen (secondary N) is 2. The molecule has 1 saturated carbocycles. The summed E-state index contributed by atoms with van der Waals surface area (Å²) < 4.78 is 6.03. The number of hydrogen-bond acceptors (Lipinski definition) is 4. The average molecular weight is 494 g/mol. The fourth-order valence-electron chi connectivity index (χ4n) is 5.37. The highest BCUT2D eigenvalue weighted by Crippen LogP contribution is 2.32. The van der Waals surface area contributed by atoms with Crippen molar-refractivity contribution in [1.29, 1.82) is 0 Å². The Labute approximate surface area is 211 Å². The van der Waals surface area contributed by atoms with Gasteiger partial charge in [0.25, 0.3) is 5.91 Å². The van der Waals surface area contributed by atoms with Crippen LogP contribution in [-0.2, 0) is 27.3 Å². The predicted octanol–water partition coefficient (Wildman–Crippen LogP) is 3.93. The van der Waals surface area contributed by atoms with Gasteiger partial charge in [0.1, 0.15) is 6.10 Å². The Kier molecular flexibility index (Phi) is 7.40. The van der Waals surface area contributed by atoms with Crippen LogP contribution in [0.15, 0.2) is 54.3 Å².